The van der Waals surface area contributed by atoms with Crippen LogP contribution in [-0.4, -0.2) is 29.3 Å². The molecule has 1 unspecified atom stereocenters. The van der Waals surface area contributed by atoms with Crippen molar-refractivity contribution in [3.8, 4) is 5.69 Å². The molecule has 1 amide bonds. The molecular weight excluding hydrogens is 295 g/mol. The number of anilines is 1. The Morgan fingerprint density at radius 1 is 1.43 bits per heavy atom. The van der Waals surface area contributed by atoms with Crippen molar-refractivity contribution < 1.29 is 9.18 Å². The lowest BCUT2D eigenvalue weighted by Gasteiger charge is -2.09. The molecule has 1 atom stereocenters. The van der Waals surface area contributed by atoms with Crippen molar-refractivity contribution in [2.24, 2.45) is 5.92 Å². The summed E-state index contributed by atoms with van der Waals surface area (Å²) in [5.41, 5.74) is 0.887. The SMILES string of the molecule is CNCC(C)C(=O)Nc1cnn(-c2ccccc2F)c1.Cl. The van der Waals surface area contributed by atoms with E-state index >= 15 is 0 Å². The van der Waals surface area contributed by atoms with Crippen LogP contribution in [0.15, 0.2) is 36.7 Å². The molecular formula is C14H18ClFN4O. The Bertz CT molecular complexity index is 602. The first-order valence-electron chi connectivity index (χ1n) is 6.37. The standard InChI is InChI=1S/C14H17FN4O.ClH/c1-10(7-16-2)14(20)18-11-8-17-19(9-11)13-6-4-3-5-12(13)15;/h3-6,8-10,16H,7H2,1-2H3,(H,18,20);1H. The molecule has 2 rings (SSSR count). The summed E-state index contributed by atoms with van der Waals surface area (Å²) in [6, 6.07) is 6.33. The van der Waals surface area contributed by atoms with E-state index in [1.807, 2.05) is 6.92 Å². The predicted octanol–water partition coefficient (Wildman–Crippen LogP) is 2.23. The molecule has 0 radical (unpaired) electrons. The molecule has 0 fully saturated rings. The highest BCUT2D eigenvalue weighted by Crippen LogP contribution is 2.15. The Balaban J connectivity index is 0.00000220. The highest BCUT2D eigenvalue weighted by atomic mass is 35.5. The second-order valence-corrected chi connectivity index (χ2v) is 4.57. The van der Waals surface area contributed by atoms with Gasteiger partial charge in [0.05, 0.1) is 18.1 Å². The number of halogens is 2. The number of aromatic nitrogens is 2. The van der Waals surface area contributed by atoms with E-state index in [4.69, 9.17) is 0 Å². The third-order valence-corrected chi connectivity index (χ3v) is 2.91. The first-order chi connectivity index (χ1) is 9.61. The number of benzene rings is 1. The fourth-order valence-corrected chi connectivity index (χ4v) is 1.82. The van der Waals surface area contributed by atoms with Gasteiger partial charge in [0.15, 0.2) is 0 Å². The Morgan fingerprint density at radius 3 is 2.81 bits per heavy atom. The summed E-state index contributed by atoms with van der Waals surface area (Å²) >= 11 is 0. The third kappa shape index (κ3) is 4.27. The maximum absolute atomic E-state index is 13.6. The Kier molecular flexibility index (Phi) is 6.33. The third-order valence-electron chi connectivity index (χ3n) is 2.91. The van der Waals surface area contributed by atoms with Crippen LogP contribution < -0.4 is 10.6 Å². The van der Waals surface area contributed by atoms with Crippen LogP contribution in [0.25, 0.3) is 5.69 Å². The average molecular weight is 313 g/mol. The van der Waals surface area contributed by atoms with Gasteiger partial charge >= 0.3 is 0 Å². The highest BCUT2D eigenvalue weighted by molar-refractivity contribution is 5.92. The number of hydrogen-bond acceptors (Lipinski definition) is 3. The van der Waals surface area contributed by atoms with Crippen molar-refractivity contribution in [1.82, 2.24) is 15.1 Å². The molecule has 0 aliphatic carbocycles. The largest absolute Gasteiger partial charge is 0.323 e. The average Bonchev–Trinajstić information content (AvgIpc) is 2.87. The van der Waals surface area contributed by atoms with Crippen molar-refractivity contribution in [3.63, 3.8) is 0 Å². The molecule has 0 spiro atoms. The van der Waals surface area contributed by atoms with Crippen molar-refractivity contribution in [2.45, 2.75) is 6.92 Å². The zero-order valence-corrected chi connectivity index (χ0v) is 12.7. The number of hydrogen-bond donors (Lipinski definition) is 2. The lowest BCUT2D eigenvalue weighted by molar-refractivity contribution is -0.119. The molecule has 5 nitrogen and oxygen atoms in total. The van der Waals surface area contributed by atoms with E-state index in [0.29, 0.717) is 17.9 Å². The first-order valence-corrected chi connectivity index (χ1v) is 6.37. The summed E-state index contributed by atoms with van der Waals surface area (Å²) in [6.07, 6.45) is 3.08. The minimum absolute atomic E-state index is 0. The van der Waals surface area contributed by atoms with Crippen molar-refractivity contribution in [1.29, 1.82) is 0 Å². The summed E-state index contributed by atoms with van der Waals surface area (Å²) in [7, 11) is 1.79. The molecule has 2 N–H and O–H groups in total. The van der Waals surface area contributed by atoms with Crippen LogP contribution >= 0.6 is 12.4 Å². The van der Waals surface area contributed by atoms with Crippen LogP contribution in [0, 0.1) is 11.7 Å². The fourth-order valence-electron chi connectivity index (χ4n) is 1.82. The molecule has 0 bridgehead atoms. The van der Waals surface area contributed by atoms with Crippen LogP contribution in [0.3, 0.4) is 0 Å². The van der Waals surface area contributed by atoms with Crippen LogP contribution in [0.1, 0.15) is 6.92 Å². The minimum Gasteiger partial charge on any atom is -0.323 e. The molecule has 2 aromatic rings. The molecule has 0 aliphatic rings. The van der Waals surface area contributed by atoms with Gasteiger partial charge in [0.25, 0.3) is 0 Å². The van der Waals surface area contributed by atoms with Gasteiger partial charge in [-0.2, -0.15) is 5.10 Å². The van der Waals surface area contributed by atoms with E-state index < -0.39 is 0 Å². The van der Waals surface area contributed by atoms with Gasteiger partial charge in [-0.25, -0.2) is 9.07 Å². The lowest BCUT2D eigenvalue weighted by atomic mass is 10.1. The smallest absolute Gasteiger partial charge is 0.228 e. The number of carbonyl (C=O) groups excluding carboxylic acids is 1. The number of carbonyl (C=O) groups is 1. The minimum atomic E-state index is -0.364. The first kappa shape index (κ1) is 17.1. The van der Waals surface area contributed by atoms with Gasteiger partial charge in [-0.05, 0) is 19.2 Å². The van der Waals surface area contributed by atoms with Gasteiger partial charge in [0, 0.05) is 12.5 Å². The second kappa shape index (κ2) is 7.75. The lowest BCUT2D eigenvalue weighted by Crippen LogP contribution is -2.28. The van der Waals surface area contributed by atoms with Gasteiger partial charge in [0.1, 0.15) is 11.5 Å². The van der Waals surface area contributed by atoms with E-state index in [0.717, 1.165) is 0 Å². The molecule has 7 heteroatoms. The van der Waals surface area contributed by atoms with Gasteiger partial charge in [0.2, 0.25) is 5.91 Å². The monoisotopic (exact) mass is 312 g/mol. The fraction of sp³-hybridized carbons (Fsp3) is 0.286. The quantitative estimate of drug-likeness (QED) is 0.890. The highest BCUT2D eigenvalue weighted by Gasteiger charge is 2.13. The summed E-state index contributed by atoms with van der Waals surface area (Å²) in [5.74, 6) is -0.624. The molecule has 1 aromatic heterocycles. The molecule has 114 valence electrons. The Hall–Kier alpha value is -1.92. The number of nitrogens with one attached hydrogen (secondary N) is 2. The molecule has 1 aromatic carbocycles. The summed E-state index contributed by atoms with van der Waals surface area (Å²) in [6.45, 7) is 2.42. The van der Waals surface area contributed by atoms with Crippen molar-refractivity contribution >= 4 is 24.0 Å². The zero-order valence-electron chi connectivity index (χ0n) is 11.8. The maximum Gasteiger partial charge on any atom is 0.228 e. The van der Waals surface area contributed by atoms with E-state index in [1.54, 1.807) is 31.4 Å². The van der Waals surface area contributed by atoms with Gasteiger partial charge in [-0.15, -0.1) is 12.4 Å². The summed E-state index contributed by atoms with van der Waals surface area (Å²) in [4.78, 5) is 11.9. The maximum atomic E-state index is 13.6. The van der Waals surface area contributed by atoms with Gasteiger partial charge in [-0.1, -0.05) is 19.1 Å². The molecule has 0 aliphatic heterocycles. The summed E-state index contributed by atoms with van der Waals surface area (Å²) < 4.78 is 15.0. The zero-order chi connectivity index (χ0) is 14.5. The Labute approximate surface area is 129 Å². The number of para-hydroxylation sites is 1. The second-order valence-electron chi connectivity index (χ2n) is 4.57. The van der Waals surface area contributed by atoms with Crippen molar-refractivity contribution in [2.75, 3.05) is 18.9 Å². The normalized spacial score (nSPS) is 11.6. The van der Waals surface area contributed by atoms with E-state index in [9.17, 15) is 9.18 Å². The topological polar surface area (TPSA) is 59.0 Å². The van der Waals surface area contributed by atoms with Crippen LogP contribution in [0.4, 0.5) is 10.1 Å². The molecule has 21 heavy (non-hydrogen) atoms. The predicted molar refractivity (Wildman–Crippen MR) is 82.5 cm³/mol. The van der Waals surface area contributed by atoms with Gasteiger partial charge < -0.3 is 10.6 Å². The van der Waals surface area contributed by atoms with E-state index in [2.05, 4.69) is 15.7 Å². The van der Waals surface area contributed by atoms with E-state index in [-0.39, 0.29) is 30.0 Å². The Morgan fingerprint density at radius 2 is 2.14 bits per heavy atom. The molecule has 1 heterocycles. The number of rotatable bonds is 5. The van der Waals surface area contributed by atoms with Crippen LogP contribution in [0.5, 0.6) is 0 Å². The molecule has 0 saturated carbocycles. The van der Waals surface area contributed by atoms with Crippen LogP contribution in [0.2, 0.25) is 0 Å². The molecule has 0 saturated heterocycles. The van der Waals surface area contributed by atoms with E-state index in [1.165, 1.54) is 16.9 Å². The van der Waals surface area contributed by atoms with Gasteiger partial charge in [-0.3, -0.25) is 4.79 Å². The number of amides is 1. The van der Waals surface area contributed by atoms with Crippen molar-refractivity contribution in [3.05, 3.63) is 42.5 Å². The van der Waals surface area contributed by atoms with Crippen LogP contribution in [-0.2, 0) is 4.79 Å². The number of nitrogens with zero attached hydrogens (tertiary/aromatic N) is 2. The summed E-state index contributed by atoms with van der Waals surface area (Å²) in [5, 5.41) is 9.74.